The van der Waals surface area contributed by atoms with Gasteiger partial charge < -0.3 is 5.11 Å². The molecule has 0 heterocycles. The van der Waals surface area contributed by atoms with Gasteiger partial charge in [0.05, 0.1) is 36.6 Å². The zero-order valence-corrected chi connectivity index (χ0v) is 15.0. The number of aliphatic carboxylic acids is 1. The quantitative estimate of drug-likeness (QED) is 0.645. The highest BCUT2D eigenvalue weighted by Crippen LogP contribution is 2.59. The molecular weight excluding hydrogens is 327 g/mol. The van der Waals surface area contributed by atoms with E-state index in [-0.39, 0.29) is 6.42 Å². The molecule has 0 saturated carbocycles. The lowest BCUT2D eigenvalue weighted by atomic mass is 10.2. The molecule has 0 unspecified atom stereocenters. The Bertz CT molecular complexity index is 762. The van der Waals surface area contributed by atoms with Crippen LogP contribution >= 0.6 is 7.26 Å². The van der Waals surface area contributed by atoms with Crippen molar-refractivity contribution in [3.05, 3.63) is 96.6 Å². The molecular formula is C22H22O2P+. The highest BCUT2D eigenvalue weighted by Gasteiger charge is 2.42. The monoisotopic (exact) mass is 349 g/mol. The zero-order chi connectivity index (χ0) is 17.5. The van der Waals surface area contributed by atoms with Crippen LogP contribution in [0.1, 0.15) is 12.0 Å². The summed E-state index contributed by atoms with van der Waals surface area (Å²) in [5.74, 6) is -0.732. The van der Waals surface area contributed by atoms with Gasteiger partial charge in [0.2, 0.25) is 0 Å². The first-order valence-electron chi connectivity index (χ1n) is 8.45. The summed E-state index contributed by atoms with van der Waals surface area (Å²) in [6, 6.07) is 31.3. The summed E-state index contributed by atoms with van der Waals surface area (Å²) in [4.78, 5) is 11.4. The fraction of sp³-hybridized carbons (Fsp3) is 0.136. The fourth-order valence-electron chi connectivity index (χ4n) is 3.28. The summed E-state index contributed by atoms with van der Waals surface area (Å²) in [6.45, 7) is 0. The molecule has 0 spiro atoms. The second kappa shape index (κ2) is 8.09. The summed E-state index contributed by atoms with van der Waals surface area (Å²) in [5.41, 5.74) is 1.26. The number of carboxylic acid groups (broad SMARTS) is 1. The van der Waals surface area contributed by atoms with Crippen LogP contribution in [-0.2, 0) is 11.0 Å². The van der Waals surface area contributed by atoms with Crippen molar-refractivity contribution in [2.75, 3.05) is 6.16 Å². The van der Waals surface area contributed by atoms with Gasteiger partial charge in [0.15, 0.2) is 0 Å². The third kappa shape index (κ3) is 4.15. The zero-order valence-electron chi connectivity index (χ0n) is 14.1. The molecule has 3 aromatic carbocycles. The predicted molar refractivity (Wildman–Crippen MR) is 106 cm³/mol. The second-order valence-corrected chi connectivity index (χ2v) is 9.88. The van der Waals surface area contributed by atoms with E-state index in [1.165, 1.54) is 16.2 Å². The molecule has 3 heteroatoms. The van der Waals surface area contributed by atoms with Crippen LogP contribution < -0.4 is 10.6 Å². The van der Waals surface area contributed by atoms with Gasteiger partial charge in [-0.05, 0) is 29.8 Å². The molecule has 0 radical (unpaired) electrons. The van der Waals surface area contributed by atoms with E-state index < -0.39 is 13.2 Å². The lowest BCUT2D eigenvalue weighted by molar-refractivity contribution is -0.136. The van der Waals surface area contributed by atoms with Crippen LogP contribution in [0.4, 0.5) is 0 Å². The molecule has 0 fully saturated rings. The van der Waals surface area contributed by atoms with Gasteiger partial charge in [-0.2, -0.15) is 0 Å². The molecule has 0 aliphatic heterocycles. The van der Waals surface area contributed by atoms with E-state index in [4.69, 9.17) is 0 Å². The molecule has 0 bridgehead atoms. The lowest BCUT2D eigenvalue weighted by Gasteiger charge is -2.27. The van der Waals surface area contributed by atoms with E-state index in [9.17, 15) is 9.90 Å². The first kappa shape index (κ1) is 17.4. The van der Waals surface area contributed by atoms with Gasteiger partial charge in [-0.1, -0.05) is 66.7 Å². The van der Waals surface area contributed by atoms with Crippen molar-refractivity contribution < 1.29 is 9.90 Å². The average Bonchev–Trinajstić information content (AvgIpc) is 2.67. The fourth-order valence-corrected chi connectivity index (χ4v) is 7.51. The second-order valence-electron chi connectivity index (χ2n) is 6.15. The van der Waals surface area contributed by atoms with Crippen LogP contribution in [0.15, 0.2) is 91.0 Å². The van der Waals surface area contributed by atoms with Gasteiger partial charge >= 0.3 is 5.97 Å². The molecule has 25 heavy (non-hydrogen) atoms. The molecule has 0 amide bonds. The smallest absolute Gasteiger partial charge is 0.307 e. The molecule has 3 rings (SSSR count). The third-order valence-corrected chi connectivity index (χ3v) is 8.97. The largest absolute Gasteiger partial charge is 0.481 e. The standard InChI is InChI=1S/C22H21O2P/c23-22(24)16-17-25(20-12-6-2-7-13-20,21-14-8-3-9-15-21)18-19-10-4-1-5-11-19/h1-15H,16-18H2/p+1. The maximum absolute atomic E-state index is 11.4. The van der Waals surface area contributed by atoms with Crippen molar-refractivity contribution in [1.29, 1.82) is 0 Å². The van der Waals surface area contributed by atoms with Crippen LogP contribution in [0.3, 0.4) is 0 Å². The Balaban J connectivity index is 2.14. The normalized spacial score (nSPS) is 11.2. The molecule has 3 aromatic rings. The van der Waals surface area contributed by atoms with Gasteiger partial charge in [-0.15, -0.1) is 0 Å². The highest BCUT2D eigenvalue weighted by molar-refractivity contribution is 7.88. The van der Waals surface area contributed by atoms with Gasteiger partial charge in [-0.25, -0.2) is 0 Å². The van der Waals surface area contributed by atoms with E-state index in [0.29, 0.717) is 6.16 Å². The number of rotatable bonds is 7. The Labute approximate surface area is 149 Å². The van der Waals surface area contributed by atoms with Crippen molar-refractivity contribution in [3.8, 4) is 0 Å². The summed E-state index contributed by atoms with van der Waals surface area (Å²) in [7, 11) is -1.86. The van der Waals surface area contributed by atoms with Crippen molar-refractivity contribution in [3.63, 3.8) is 0 Å². The minimum absolute atomic E-state index is 0.185. The van der Waals surface area contributed by atoms with Gasteiger partial charge in [0.25, 0.3) is 0 Å². The van der Waals surface area contributed by atoms with Crippen LogP contribution in [0, 0.1) is 0 Å². The average molecular weight is 349 g/mol. The predicted octanol–water partition coefficient (Wildman–Crippen LogP) is 4.33. The van der Waals surface area contributed by atoms with Crippen LogP contribution in [0.5, 0.6) is 0 Å². The molecule has 0 aromatic heterocycles. The number of carboxylic acids is 1. The van der Waals surface area contributed by atoms with Crippen LogP contribution in [0.2, 0.25) is 0 Å². The molecule has 126 valence electrons. The highest BCUT2D eigenvalue weighted by atomic mass is 31.2. The maximum Gasteiger partial charge on any atom is 0.307 e. The van der Waals surface area contributed by atoms with E-state index in [2.05, 4.69) is 72.8 Å². The molecule has 0 atom stereocenters. The van der Waals surface area contributed by atoms with Crippen molar-refractivity contribution in [1.82, 2.24) is 0 Å². The number of benzene rings is 3. The Morgan fingerprint density at radius 2 is 1.16 bits per heavy atom. The molecule has 0 aliphatic rings. The summed E-state index contributed by atoms with van der Waals surface area (Å²) in [6.07, 6.45) is 1.74. The van der Waals surface area contributed by atoms with Gasteiger partial charge in [0.1, 0.15) is 0 Å². The van der Waals surface area contributed by atoms with Crippen LogP contribution in [0.25, 0.3) is 0 Å². The Hall–Kier alpha value is -2.44. The lowest BCUT2D eigenvalue weighted by Crippen LogP contribution is -2.27. The maximum atomic E-state index is 11.4. The van der Waals surface area contributed by atoms with E-state index in [1.54, 1.807) is 0 Å². The Morgan fingerprint density at radius 1 is 0.720 bits per heavy atom. The summed E-state index contributed by atoms with van der Waals surface area (Å²) in [5, 5.41) is 11.9. The molecule has 0 aliphatic carbocycles. The minimum atomic E-state index is -1.86. The van der Waals surface area contributed by atoms with Crippen molar-refractivity contribution in [2.45, 2.75) is 12.6 Å². The molecule has 0 saturated heterocycles. The summed E-state index contributed by atoms with van der Waals surface area (Å²) >= 11 is 0. The van der Waals surface area contributed by atoms with E-state index >= 15 is 0 Å². The number of carbonyl (C=O) groups is 1. The Morgan fingerprint density at radius 3 is 1.60 bits per heavy atom. The molecule has 2 nitrogen and oxygen atoms in total. The van der Waals surface area contributed by atoms with E-state index in [1.807, 2.05) is 18.2 Å². The topological polar surface area (TPSA) is 37.3 Å². The van der Waals surface area contributed by atoms with Gasteiger partial charge in [0, 0.05) is 0 Å². The van der Waals surface area contributed by atoms with Crippen LogP contribution in [-0.4, -0.2) is 17.2 Å². The van der Waals surface area contributed by atoms with Gasteiger partial charge in [-0.3, -0.25) is 4.79 Å². The first-order valence-corrected chi connectivity index (χ1v) is 10.6. The Kier molecular flexibility index (Phi) is 5.63. The minimum Gasteiger partial charge on any atom is -0.481 e. The first-order chi connectivity index (χ1) is 12.2. The number of hydrogen-bond donors (Lipinski definition) is 1. The van der Waals surface area contributed by atoms with E-state index in [0.717, 1.165) is 6.16 Å². The van der Waals surface area contributed by atoms with Crippen molar-refractivity contribution in [2.24, 2.45) is 0 Å². The SMILES string of the molecule is O=C(O)CC[P+](Cc1ccccc1)(c1ccccc1)c1ccccc1. The van der Waals surface area contributed by atoms with Crippen molar-refractivity contribution >= 4 is 23.8 Å². The summed E-state index contributed by atoms with van der Waals surface area (Å²) < 4.78 is 0. The third-order valence-electron chi connectivity index (χ3n) is 4.50. The molecule has 1 N–H and O–H groups in total. The number of hydrogen-bond acceptors (Lipinski definition) is 1.